The lowest BCUT2D eigenvalue weighted by Crippen LogP contribution is -2.41. The van der Waals surface area contributed by atoms with E-state index in [1.54, 1.807) is 6.92 Å². The van der Waals surface area contributed by atoms with Gasteiger partial charge in [0, 0.05) is 12.0 Å². The number of carbonyl (C=O) groups excluding carboxylic acids is 1. The molecule has 0 bridgehead atoms. The summed E-state index contributed by atoms with van der Waals surface area (Å²) < 4.78 is 10.6. The van der Waals surface area contributed by atoms with Gasteiger partial charge in [0.2, 0.25) is 5.06 Å². The fourth-order valence-corrected chi connectivity index (χ4v) is 3.51. The number of aliphatic hydroxyl groups excluding tert-OH is 2. The van der Waals surface area contributed by atoms with E-state index < -0.39 is 12.1 Å². The molecule has 2 aromatic heterocycles. The molecule has 0 aliphatic rings. The minimum Gasteiger partial charge on any atom is -0.397 e. The minimum atomic E-state index is -0.747. The lowest BCUT2D eigenvalue weighted by atomic mass is 10.0. The molecule has 8 nitrogen and oxygen atoms in total. The van der Waals surface area contributed by atoms with E-state index in [9.17, 15) is 4.79 Å². The predicted octanol–water partition coefficient (Wildman–Crippen LogP) is 2.32. The van der Waals surface area contributed by atoms with Crippen LogP contribution < -0.4 is 10.1 Å². The van der Waals surface area contributed by atoms with E-state index in [0.717, 1.165) is 47.7 Å². The van der Waals surface area contributed by atoms with Gasteiger partial charge in [0.1, 0.15) is 5.76 Å². The lowest BCUT2D eigenvalue weighted by Gasteiger charge is -2.12. The first-order chi connectivity index (χ1) is 13.0. The average Bonchev–Trinajstić information content (AvgIpc) is 3.18. The highest BCUT2D eigenvalue weighted by molar-refractivity contribution is 7.13. The van der Waals surface area contributed by atoms with Crippen molar-refractivity contribution >= 4 is 17.4 Å². The van der Waals surface area contributed by atoms with Crippen LogP contribution in [0.1, 0.15) is 47.5 Å². The molecule has 2 aromatic rings. The molecular formula is C18H27N3O5S. The number of aromatic nitrogens is 2. The summed E-state index contributed by atoms with van der Waals surface area (Å²) in [6, 6.07) is -0.747. The first kappa shape index (κ1) is 21.3. The molecule has 0 unspecified atom stereocenters. The van der Waals surface area contributed by atoms with Gasteiger partial charge in [-0.25, -0.2) is 9.78 Å². The van der Waals surface area contributed by atoms with Gasteiger partial charge in [0.15, 0.2) is 0 Å². The molecule has 0 aliphatic heterocycles. The lowest BCUT2D eigenvalue weighted by molar-refractivity contribution is 0.153. The Hall–Kier alpha value is -1.97. The van der Waals surface area contributed by atoms with Crippen molar-refractivity contribution in [2.45, 2.75) is 58.9 Å². The number of aryl methyl sites for hydroxylation is 4. The topological polar surface area (TPSA) is 118 Å². The fraction of sp³-hybridized carbons (Fsp3) is 0.611. The Balaban J connectivity index is 1.97. The van der Waals surface area contributed by atoms with Gasteiger partial charge < -0.3 is 24.8 Å². The maximum atomic E-state index is 11.8. The monoisotopic (exact) mass is 397 g/mol. The quantitative estimate of drug-likeness (QED) is 0.563. The first-order valence-corrected chi connectivity index (χ1v) is 9.90. The molecule has 150 valence electrons. The van der Waals surface area contributed by atoms with Gasteiger partial charge in [-0.05, 0) is 33.1 Å². The van der Waals surface area contributed by atoms with Crippen molar-refractivity contribution in [2.24, 2.45) is 0 Å². The van der Waals surface area contributed by atoms with Crippen LogP contribution in [0, 0.1) is 13.8 Å². The van der Waals surface area contributed by atoms with E-state index in [1.165, 1.54) is 11.3 Å². The zero-order chi connectivity index (χ0) is 19.8. The van der Waals surface area contributed by atoms with Crippen LogP contribution >= 0.6 is 11.3 Å². The highest BCUT2D eigenvalue weighted by Crippen LogP contribution is 2.28. The summed E-state index contributed by atoms with van der Waals surface area (Å²) in [6.07, 6.45) is 3.83. The van der Waals surface area contributed by atoms with Crippen molar-refractivity contribution in [3.63, 3.8) is 0 Å². The second-order valence-electron chi connectivity index (χ2n) is 6.34. The maximum absolute atomic E-state index is 11.8. The summed E-state index contributed by atoms with van der Waals surface area (Å²) in [4.78, 5) is 16.3. The van der Waals surface area contributed by atoms with Crippen molar-refractivity contribution in [2.75, 3.05) is 13.2 Å². The maximum Gasteiger partial charge on any atom is 0.413 e. The van der Waals surface area contributed by atoms with Gasteiger partial charge in [-0.2, -0.15) is 0 Å². The fourth-order valence-electron chi connectivity index (χ4n) is 2.60. The van der Waals surface area contributed by atoms with Crippen LogP contribution in [-0.2, 0) is 19.3 Å². The number of hydrogen-bond donors (Lipinski definition) is 3. The van der Waals surface area contributed by atoms with Gasteiger partial charge in [-0.1, -0.05) is 29.8 Å². The first-order valence-electron chi connectivity index (χ1n) is 9.08. The SMILES string of the molecule is CCCCc1noc(C)c1CCc1nc(C)c(OC(=O)NC(CO)CO)s1. The average molecular weight is 397 g/mol. The Labute approximate surface area is 162 Å². The molecule has 2 rings (SSSR count). The van der Waals surface area contributed by atoms with Crippen LogP contribution in [0.25, 0.3) is 0 Å². The van der Waals surface area contributed by atoms with Gasteiger partial charge in [-0.15, -0.1) is 0 Å². The van der Waals surface area contributed by atoms with E-state index in [0.29, 0.717) is 17.2 Å². The molecule has 0 aromatic carbocycles. The number of amides is 1. The molecule has 0 atom stereocenters. The standard InChI is InChI=1S/C18H27N3O5S/c1-4-5-6-15-14(12(3)26-21-15)7-8-16-19-11(2)17(27-16)25-18(24)20-13(9-22)10-23/h13,22-23H,4-10H2,1-3H3,(H,20,24). The molecule has 0 fully saturated rings. The van der Waals surface area contributed by atoms with Crippen LogP contribution in [0.5, 0.6) is 5.06 Å². The smallest absolute Gasteiger partial charge is 0.397 e. The summed E-state index contributed by atoms with van der Waals surface area (Å²) in [7, 11) is 0. The van der Waals surface area contributed by atoms with Crippen molar-refractivity contribution in [3.8, 4) is 5.06 Å². The molecule has 1 amide bonds. The molecule has 0 aliphatic carbocycles. The number of hydrogen-bond acceptors (Lipinski definition) is 8. The molecular weight excluding hydrogens is 370 g/mol. The van der Waals surface area contributed by atoms with Crippen molar-refractivity contribution in [1.29, 1.82) is 0 Å². The Bertz CT molecular complexity index is 739. The van der Waals surface area contributed by atoms with Gasteiger partial charge in [-0.3, -0.25) is 0 Å². The molecule has 0 saturated carbocycles. The van der Waals surface area contributed by atoms with Crippen LogP contribution in [0.2, 0.25) is 0 Å². The molecule has 27 heavy (non-hydrogen) atoms. The molecule has 9 heteroatoms. The second-order valence-corrected chi connectivity index (χ2v) is 7.39. The number of unbranched alkanes of at least 4 members (excludes halogenated alkanes) is 1. The van der Waals surface area contributed by atoms with Crippen molar-refractivity contribution in [1.82, 2.24) is 15.5 Å². The highest BCUT2D eigenvalue weighted by Gasteiger charge is 2.17. The van der Waals surface area contributed by atoms with Gasteiger partial charge in [0.25, 0.3) is 0 Å². The Morgan fingerprint density at radius 2 is 2.00 bits per heavy atom. The van der Waals surface area contributed by atoms with Crippen LogP contribution in [-0.4, -0.2) is 45.7 Å². The van der Waals surface area contributed by atoms with Crippen molar-refractivity contribution in [3.05, 3.63) is 27.7 Å². The molecule has 0 saturated heterocycles. The van der Waals surface area contributed by atoms with Gasteiger partial charge in [0.05, 0.1) is 35.7 Å². The Morgan fingerprint density at radius 1 is 1.26 bits per heavy atom. The second kappa shape index (κ2) is 10.4. The Kier molecular flexibility index (Phi) is 8.21. The van der Waals surface area contributed by atoms with E-state index in [1.807, 2.05) is 6.92 Å². The van der Waals surface area contributed by atoms with Crippen LogP contribution in [0.3, 0.4) is 0 Å². The number of thiazole rings is 1. The number of rotatable bonds is 10. The molecule has 3 N–H and O–H groups in total. The van der Waals surface area contributed by atoms with Crippen LogP contribution in [0.15, 0.2) is 4.52 Å². The number of aliphatic hydroxyl groups is 2. The number of carbonyl (C=O) groups is 1. The summed E-state index contributed by atoms with van der Waals surface area (Å²) >= 11 is 1.31. The molecule has 0 radical (unpaired) electrons. The van der Waals surface area contributed by atoms with E-state index in [-0.39, 0.29) is 13.2 Å². The Morgan fingerprint density at radius 3 is 2.67 bits per heavy atom. The van der Waals surface area contributed by atoms with Gasteiger partial charge >= 0.3 is 6.09 Å². The summed E-state index contributed by atoms with van der Waals surface area (Å²) in [5.41, 5.74) is 2.77. The largest absolute Gasteiger partial charge is 0.413 e. The summed E-state index contributed by atoms with van der Waals surface area (Å²) in [6.45, 7) is 5.11. The normalized spacial score (nSPS) is 11.2. The molecule has 0 spiro atoms. The number of nitrogens with zero attached hydrogens (tertiary/aromatic N) is 2. The van der Waals surface area contributed by atoms with E-state index >= 15 is 0 Å². The summed E-state index contributed by atoms with van der Waals surface area (Å²) in [5.74, 6) is 0.837. The number of ether oxygens (including phenoxy) is 1. The minimum absolute atomic E-state index is 0.364. The zero-order valence-corrected chi connectivity index (χ0v) is 16.8. The third kappa shape index (κ3) is 6.02. The predicted molar refractivity (Wildman–Crippen MR) is 101 cm³/mol. The third-order valence-corrected chi connectivity index (χ3v) is 5.26. The van der Waals surface area contributed by atoms with E-state index in [2.05, 4.69) is 22.4 Å². The molecule has 2 heterocycles. The van der Waals surface area contributed by atoms with Crippen LogP contribution in [0.4, 0.5) is 4.79 Å². The van der Waals surface area contributed by atoms with E-state index in [4.69, 9.17) is 19.5 Å². The number of nitrogens with one attached hydrogen (secondary N) is 1. The van der Waals surface area contributed by atoms with Crippen molar-refractivity contribution < 1.29 is 24.3 Å². The third-order valence-electron chi connectivity index (χ3n) is 4.17. The summed E-state index contributed by atoms with van der Waals surface area (Å²) in [5, 5.41) is 25.8. The highest BCUT2D eigenvalue weighted by atomic mass is 32.1. The zero-order valence-electron chi connectivity index (χ0n) is 15.9.